The molecule has 1 N–H and O–H groups in total. The number of hydrogen-bond donors (Lipinski definition) is 1. The standard InChI is InChI=1S/C16H27NO2/c1-5-6-10-19-11-8-7-9-16(18)12-15(3)17(4)13-14(16)2/h8,11,14-15,18H,5-6,10,12-13H2,1-4H3/b11-8+/t14-,15-,16+/m0/s1. The van der Waals surface area contributed by atoms with Gasteiger partial charge in [0.05, 0.1) is 12.9 Å². The molecule has 1 aliphatic heterocycles. The fraction of sp³-hybridized carbons (Fsp3) is 0.750. The molecule has 0 unspecified atom stereocenters. The van der Waals surface area contributed by atoms with Crippen molar-refractivity contribution >= 4 is 0 Å². The summed E-state index contributed by atoms with van der Waals surface area (Å²) in [6.45, 7) is 7.92. The molecule has 108 valence electrons. The van der Waals surface area contributed by atoms with Crippen molar-refractivity contribution < 1.29 is 9.84 Å². The molecule has 0 radical (unpaired) electrons. The average Bonchev–Trinajstić information content (AvgIpc) is 2.36. The van der Waals surface area contributed by atoms with Crippen LogP contribution in [0.4, 0.5) is 0 Å². The van der Waals surface area contributed by atoms with Gasteiger partial charge in [0, 0.05) is 31.0 Å². The predicted molar refractivity (Wildman–Crippen MR) is 78.6 cm³/mol. The van der Waals surface area contributed by atoms with Gasteiger partial charge in [-0.2, -0.15) is 0 Å². The van der Waals surface area contributed by atoms with Crippen molar-refractivity contribution in [2.24, 2.45) is 5.92 Å². The third-order valence-electron chi connectivity index (χ3n) is 3.89. The number of ether oxygens (including phenoxy) is 1. The van der Waals surface area contributed by atoms with E-state index >= 15 is 0 Å². The average molecular weight is 265 g/mol. The lowest BCUT2D eigenvalue weighted by Crippen LogP contribution is -2.52. The monoisotopic (exact) mass is 265 g/mol. The molecule has 0 spiro atoms. The van der Waals surface area contributed by atoms with E-state index in [0.29, 0.717) is 12.5 Å². The van der Waals surface area contributed by atoms with Gasteiger partial charge in [-0.1, -0.05) is 32.1 Å². The zero-order chi connectivity index (χ0) is 14.3. The second-order valence-corrected chi connectivity index (χ2v) is 5.61. The van der Waals surface area contributed by atoms with Crippen LogP contribution in [0.3, 0.4) is 0 Å². The fourth-order valence-electron chi connectivity index (χ4n) is 2.29. The Labute approximate surface area is 117 Å². The maximum absolute atomic E-state index is 10.6. The Morgan fingerprint density at radius 1 is 1.47 bits per heavy atom. The van der Waals surface area contributed by atoms with Gasteiger partial charge in [-0.25, -0.2) is 0 Å². The molecule has 3 heteroatoms. The minimum absolute atomic E-state index is 0.163. The minimum atomic E-state index is -0.875. The number of hydrogen-bond acceptors (Lipinski definition) is 3. The number of rotatable bonds is 4. The van der Waals surface area contributed by atoms with E-state index in [-0.39, 0.29) is 5.92 Å². The molecule has 1 aliphatic rings. The van der Waals surface area contributed by atoms with Crippen LogP contribution in [0.2, 0.25) is 0 Å². The molecule has 0 bridgehead atoms. The molecule has 1 heterocycles. The van der Waals surface area contributed by atoms with Crippen molar-refractivity contribution in [1.29, 1.82) is 0 Å². The van der Waals surface area contributed by atoms with Crippen LogP contribution in [0, 0.1) is 17.8 Å². The van der Waals surface area contributed by atoms with E-state index in [1.165, 1.54) is 0 Å². The first-order chi connectivity index (χ1) is 8.99. The number of unbranched alkanes of at least 4 members (excludes halogenated alkanes) is 1. The fourth-order valence-corrected chi connectivity index (χ4v) is 2.29. The SMILES string of the molecule is CCCCO/C=C/C#C[C@@]1(O)C[C@H](C)N(C)C[C@@H]1C. The lowest BCUT2D eigenvalue weighted by Gasteiger charge is -2.42. The first kappa shape index (κ1) is 16.1. The molecule has 0 aromatic rings. The van der Waals surface area contributed by atoms with Gasteiger partial charge in [0.25, 0.3) is 0 Å². The smallest absolute Gasteiger partial charge is 0.131 e. The van der Waals surface area contributed by atoms with Crippen LogP contribution in [-0.4, -0.2) is 41.8 Å². The largest absolute Gasteiger partial charge is 0.501 e. The van der Waals surface area contributed by atoms with E-state index < -0.39 is 5.60 Å². The van der Waals surface area contributed by atoms with Crippen molar-refractivity contribution in [3.8, 4) is 11.8 Å². The second kappa shape index (κ2) is 7.57. The van der Waals surface area contributed by atoms with Crippen LogP contribution < -0.4 is 0 Å². The Morgan fingerprint density at radius 2 is 2.21 bits per heavy atom. The quantitative estimate of drug-likeness (QED) is 0.481. The van der Waals surface area contributed by atoms with Crippen LogP contribution in [0.25, 0.3) is 0 Å². The van der Waals surface area contributed by atoms with E-state index in [1.807, 2.05) is 0 Å². The van der Waals surface area contributed by atoms with Gasteiger partial charge >= 0.3 is 0 Å². The molecule has 3 atom stereocenters. The lowest BCUT2D eigenvalue weighted by molar-refractivity contribution is -0.0346. The Bertz CT molecular complexity index is 355. The number of aliphatic hydroxyl groups is 1. The summed E-state index contributed by atoms with van der Waals surface area (Å²) in [5, 5.41) is 10.6. The van der Waals surface area contributed by atoms with Gasteiger partial charge in [-0.05, 0) is 20.4 Å². The molecule has 0 amide bonds. The van der Waals surface area contributed by atoms with Gasteiger partial charge in [-0.15, -0.1) is 0 Å². The van der Waals surface area contributed by atoms with Gasteiger partial charge in [0.15, 0.2) is 0 Å². The van der Waals surface area contributed by atoms with E-state index in [9.17, 15) is 5.11 Å². The molecule has 0 saturated carbocycles. The summed E-state index contributed by atoms with van der Waals surface area (Å²) in [6, 6.07) is 0.361. The topological polar surface area (TPSA) is 32.7 Å². The van der Waals surface area contributed by atoms with Crippen LogP contribution in [-0.2, 0) is 4.74 Å². The maximum atomic E-state index is 10.6. The van der Waals surface area contributed by atoms with Crippen molar-refractivity contribution in [3.05, 3.63) is 12.3 Å². The van der Waals surface area contributed by atoms with Crippen molar-refractivity contribution in [1.82, 2.24) is 4.90 Å². The zero-order valence-corrected chi connectivity index (χ0v) is 12.6. The van der Waals surface area contributed by atoms with Gasteiger partial charge in [0.2, 0.25) is 0 Å². The molecule has 0 aliphatic carbocycles. The number of allylic oxidation sites excluding steroid dienone is 1. The maximum Gasteiger partial charge on any atom is 0.131 e. The highest BCUT2D eigenvalue weighted by molar-refractivity contribution is 5.24. The molecular weight excluding hydrogens is 238 g/mol. The molecule has 0 aromatic carbocycles. The van der Waals surface area contributed by atoms with Crippen LogP contribution >= 0.6 is 0 Å². The molecule has 1 fully saturated rings. The van der Waals surface area contributed by atoms with Crippen LogP contribution in [0.1, 0.15) is 40.0 Å². The first-order valence-electron chi connectivity index (χ1n) is 7.21. The summed E-state index contributed by atoms with van der Waals surface area (Å²) in [6.07, 6.45) is 6.19. The summed E-state index contributed by atoms with van der Waals surface area (Å²) in [5.74, 6) is 6.08. The molecule has 19 heavy (non-hydrogen) atoms. The third kappa shape index (κ3) is 4.89. The van der Waals surface area contributed by atoms with E-state index in [1.54, 1.807) is 12.3 Å². The van der Waals surface area contributed by atoms with Gasteiger partial charge < -0.3 is 14.7 Å². The van der Waals surface area contributed by atoms with Crippen molar-refractivity contribution in [2.45, 2.75) is 51.7 Å². The number of likely N-dealkylation sites (tertiary alicyclic amines) is 1. The Kier molecular flexibility index (Phi) is 6.41. The number of nitrogens with zero attached hydrogens (tertiary/aromatic N) is 1. The summed E-state index contributed by atoms with van der Waals surface area (Å²) < 4.78 is 5.29. The van der Waals surface area contributed by atoms with Gasteiger partial charge in [-0.3, -0.25) is 0 Å². The molecule has 3 nitrogen and oxygen atoms in total. The van der Waals surface area contributed by atoms with Crippen LogP contribution in [0.15, 0.2) is 12.3 Å². The van der Waals surface area contributed by atoms with E-state index in [4.69, 9.17) is 4.74 Å². The highest BCUT2D eigenvalue weighted by Gasteiger charge is 2.39. The summed E-state index contributed by atoms with van der Waals surface area (Å²) in [4.78, 5) is 2.27. The lowest BCUT2D eigenvalue weighted by atomic mass is 9.79. The summed E-state index contributed by atoms with van der Waals surface area (Å²) >= 11 is 0. The van der Waals surface area contributed by atoms with E-state index in [2.05, 4.69) is 44.6 Å². The Hall–Kier alpha value is -0.980. The van der Waals surface area contributed by atoms with Gasteiger partial charge in [0.1, 0.15) is 5.60 Å². The zero-order valence-electron chi connectivity index (χ0n) is 12.6. The minimum Gasteiger partial charge on any atom is -0.501 e. The highest BCUT2D eigenvalue weighted by Crippen LogP contribution is 2.30. The highest BCUT2D eigenvalue weighted by atomic mass is 16.5. The van der Waals surface area contributed by atoms with Crippen molar-refractivity contribution in [3.63, 3.8) is 0 Å². The third-order valence-corrected chi connectivity index (χ3v) is 3.89. The second-order valence-electron chi connectivity index (χ2n) is 5.61. The first-order valence-corrected chi connectivity index (χ1v) is 7.21. The molecule has 1 rings (SSSR count). The Balaban J connectivity index is 2.50. The van der Waals surface area contributed by atoms with E-state index in [0.717, 1.165) is 26.0 Å². The molecular formula is C16H27NO2. The normalized spacial score (nSPS) is 32.1. The summed E-state index contributed by atoms with van der Waals surface area (Å²) in [7, 11) is 2.09. The van der Waals surface area contributed by atoms with Crippen LogP contribution in [0.5, 0.6) is 0 Å². The number of piperidine rings is 1. The van der Waals surface area contributed by atoms with Crippen molar-refractivity contribution in [2.75, 3.05) is 20.2 Å². The predicted octanol–water partition coefficient (Wildman–Crippen LogP) is 2.41. The Morgan fingerprint density at radius 3 is 2.89 bits per heavy atom. The molecule has 1 saturated heterocycles. The summed E-state index contributed by atoms with van der Waals surface area (Å²) in [5.41, 5.74) is -0.875. The molecule has 0 aromatic heterocycles.